The quantitative estimate of drug-likeness (QED) is 0.681. The molecule has 0 bridgehead atoms. The van der Waals surface area contributed by atoms with E-state index in [4.69, 9.17) is 5.73 Å². The van der Waals surface area contributed by atoms with Crippen LogP contribution in [0, 0.1) is 0 Å². The van der Waals surface area contributed by atoms with E-state index < -0.39 is 0 Å². The summed E-state index contributed by atoms with van der Waals surface area (Å²) in [6, 6.07) is 1.85. The van der Waals surface area contributed by atoms with Gasteiger partial charge in [-0.2, -0.15) is 0 Å². The normalized spacial score (nSPS) is 15.7. The second-order valence-electron chi connectivity index (χ2n) is 4.43. The molecule has 20 heavy (non-hydrogen) atoms. The Hall–Kier alpha value is -1.54. The van der Waals surface area contributed by atoms with Gasteiger partial charge in [0.25, 0.3) is 0 Å². The smallest absolute Gasteiger partial charge is 0.191 e. The first-order valence-corrected chi connectivity index (χ1v) is 8.44. The van der Waals surface area contributed by atoms with E-state index in [0.29, 0.717) is 5.82 Å². The fourth-order valence-electron chi connectivity index (χ4n) is 2.18. The lowest BCUT2D eigenvalue weighted by atomic mass is 10.3. The third-order valence-corrected chi connectivity index (χ3v) is 4.57. The number of hydrogen-bond donors (Lipinski definition) is 1. The third-order valence-electron chi connectivity index (χ3n) is 3.19. The van der Waals surface area contributed by atoms with Gasteiger partial charge in [0.05, 0.1) is 0 Å². The largest absolute Gasteiger partial charge is 0.383 e. The lowest BCUT2D eigenvalue weighted by molar-refractivity contribution is 0.642. The minimum absolute atomic E-state index is 0.529. The first kappa shape index (κ1) is 13.4. The maximum atomic E-state index is 5.84. The second kappa shape index (κ2) is 5.84. The number of rotatable bonds is 3. The molecule has 8 heteroatoms. The van der Waals surface area contributed by atoms with E-state index in [1.807, 2.05) is 23.9 Å². The Morgan fingerprint density at radius 3 is 2.60 bits per heavy atom. The minimum Gasteiger partial charge on any atom is -0.383 e. The van der Waals surface area contributed by atoms with Crippen molar-refractivity contribution in [1.29, 1.82) is 0 Å². The Morgan fingerprint density at radius 1 is 1.20 bits per heavy atom. The molecule has 0 unspecified atom stereocenters. The van der Waals surface area contributed by atoms with Crippen molar-refractivity contribution < 1.29 is 0 Å². The highest BCUT2D eigenvalue weighted by Crippen LogP contribution is 2.23. The van der Waals surface area contributed by atoms with Crippen molar-refractivity contribution in [2.45, 2.75) is 5.16 Å². The molecular weight excluding hydrogens is 292 g/mol. The molecule has 0 aliphatic carbocycles. The number of thiazole rings is 1. The summed E-state index contributed by atoms with van der Waals surface area (Å²) in [5.41, 5.74) is 5.84. The van der Waals surface area contributed by atoms with E-state index in [9.17, 15) is 0 Å². The number of anilines is 3. The zero-order chi connectivity index (χ0) is 13.9. The van der Waals surface area contributed by atoms with Gasteiger partial charge in [-0.1, -0.05) is 11.8 Å². The summed E-state index contributed by atoms with van der Waals surface area (Å²) < 4.78 is 0. The number of nitrogens with two attached hydrogens (primary N) is 1. The van der Waals surface area contributed by atoms with Crippen LogP contribution in [0.15, 0.2) is 22.8 Å². The fourth-order valence-corrected chi connectivity index (χ4v) is 3.26. The number of nitrogen functional groups attached to an aromatic ring is 1. The maximum Gasteiger partial charge on any atom is 0.191 e. The van der Waals surface area contributed by atoms with E-state index in [2.05, 4.69) is 24.8 Å². The van der Waals surface area contributed by atoms with Gasteiger partial charge in [0, 0.05) is 43.8 Å². The Balaban J connectivity index is 1.70. The van der Waals surface area contributed by atoms with Gasteiger partial charge in [-0.3, -0.25) is 0 Å². The molecule has 106 valence electrons. The van der Waals surface area contributed by atoms with Crippen molar-refractivity contribution in [1.82, 2.24) is 15.0 Å². The average Bonchev–Trinajstić information content (AvgIpc) is 3.01. The molecule has 1 fully saturated rings. The summed E-state index contributed by atoms with van der Waals surface area (Å²) >= 11 is 3.19. The van der Waals surface area contributed by atoms with Gasteiger partial charge < -0.3 is 15.5 Å². The van der Waals surface area contributed by atoms with Crippen LogP contribution in [0.5, 0.6) is 0 Å². The molecule has 1 saturated heterocycles. The van der Waals surface area contributed by atoms with Gasteiger partial charge in [-0.15, -0.1) is 11.3 Å². The molecule has 0 aromatic carbocycles. The number of nitrogens with zero attached hydrogens (tertiary/aromatic N) is 5. The summed E-state index contributed by atoms with van der Waals surface area (Å²) in [7, 11) is 0. The molecule has 0 atom stereocenters. The van der Waals surface area contributed by atoms with Crippen LogP contribution in [0.3, 0.4) is 0 Å². The lowest BCUT2D eigenvalue weighted by Crippen LogP contribution is -2.46. The number of aromatic nitrogens is 3. The standard InChI is InChI=1S/C12H16N6S2/c1-19-11-15-9(13)8-10(16-11)17-3-5-18(6-4-17)12-14-2-7-20-12/h2,7-8H,3-6H2,1H3,(H2,13,15,16). The lowest BCUT2D eigenvalue weighted by Gasteiger charge is -2.35. The van der Waals surface area contributed by atoms with Crippen LogP contribution in [0.25, 0.3) is 0 Å². The van der Waals surface area contributed by atoms with Crippen molar-refractivity contribution in [2.75, 3.05) is 48.0 Å². The molecule has 0 amide bonds. The minimum atomic E-state index is 0.529. The predicted molar refractivity (Wildman–Crippen MR) is 84.8 cm³/mol. The SMILES string of the molecule is CSc1nc(N)cc(N2CCN(c3nccs3)CC2)n1. The van der Waals surface area contributed by atoms with Crippen LogP contribution in [-0.4, -0.2) is 47.4 Å². The highest BCUT2D eigenvalue weighted by atomic mass is 32.2. The van der Waals surface area contributed by atoms with E-state index >= 15 is 0 Å². The molecule has 1 aliphatic rings. The predicted octanol–water partition coefficient (Wildman–Crippen LogP) is 1.56. The zero-order valence-corrected chi connectivity index (χ0v) is 12.8. The molecule has 0 saturated carbocycles. The molecule has 1 aliphatic heterocycles. The Morgan fingerprint density at radius 2 is 1.95 bits per heavy atom. The van der Waals surface area contributed by atoms with Crippen LogP contribution in [-0.2, 0) is 0 Å². The molecule has 0 radical (unpaired) electrons. The summed E-state index contributed by atoms with van der Waals surface area (Å²) in [5, 5.41) is 3.83. The monoisotopic (exact) mass is 308 g/mol. The van der Waals surface area contributed by atoms with E-state index in [1.54, 1.807) is 11.3 Å². The van der Waals surface area contributed by atoms with Gasteiger partial charge in [0.15, 0.2) is 10.3 Å². The van der Waals surface area contributed by atoms with Crippen LogP contribution in [0.4, 0.5) is 16.8 Å². The Bertz CT molecular complexity index is 565. The topological polar surface area (TPSA) is 71.2 Å². The first-order chi connectivity index (χ1) is 9.76. The van der Waals surface area contributed by atoms with Crippen LogP contribution in [0.2, 0.25) is 0 Å². The van der Waals surface area contributed by atoms with Gasteiger partial charge in [0.2, 0.25) is 0 Å². The number of piperazine rings is 1. The molecule has 2 aromatic heterocycles. The first-order valence-electron chi connectivity index (χ1n) is 6.34. The molecule has 6 nitrogen and oxygen atoms in total. The fraction of sp³-hybridized carbons (Fsp3) is 0.417. The van der Waals surface area contributed by atoms with Crippen molar-refractivity contribution in [3.8, 4) is 0 Å². The summed E-state index contributed by atoms with van der Waals surface area (Å²) in [5.74, 6) is 1.45. The van der Waals surface area contributed by atoms with E-state index in [1.165, 1.54) is 11.8 Å². The Labute approximate surface area is 126 Å². The van der Waals surface area contributed by atoms with Crippen LogP contribution >= 0.6 is 23.1 Å². The average molecular weight is 308 g/mol. The molecule has 0 spiro atoms. The van der Waals surface area contributed by atoms with Crippen molar-refractivity contribution >= 4 is 39.9 Å². The number of hydrogen-bond acceptors (Lipinski definition) is 8. The van der Waals surface area contributed by atoms with Gasteiger partial charge in [-0.25, -0.2) is 15.0 Å². The summed E-state index contributed by atoms with van der Waals surface area (Å²) in [6.45, 7) is 3.74. The van der Waals surface area contributed by atoms with Crippen molar-refractivity contribution in [3.63, 3.8) is 0 Å². The Kier molecular flexibility index (Phi) is 3.93. The zero-order valence-electron chi connectivity index (χ0n) is 11.2. The van der Waals surface area contributed by atoms with Crippen molar-refractivity contribution in [3.05, 3.63) is 17.6 Å². The highest BCUT2D eigenvalue weighted by Gasteiger charge is 2.20. The van der Waals surface area contributed by atoms with Gasteiger partial charge in [-0.05, 0) is 6.26 Å². The van der Waals surface area contributed by atoms with Crippen LogP contribution < -0.4 is 15.5 Å². The maximum absolute atomic E-state index is 5.84. The molecule has 2 aromatic rings. The molecular formula is C12H16N6S2. The molecule has 2 N–H and O–H groups in total. The van der Waals surface area contributed by atoms with Gasteiger partial charge in [0.1, 0.15) is 11.6 Å². The summed E-state index contributed by atoms with van der Waals surface area (Å²) in [6.07, 6.45) is 3.81. The molecule has 3 heterocycles. The van der Waals surface area contributed by atoms with Gasteiger partial charge >= 0.3 is 0 Å². The highest BCUT2D eigenvalue weighted by molar-refractivity contribution is 7.98. The second-order valence-corrected chi connectivity index (χ2v) is 6.07. The third kappa shape index (κ3) is 2.80. The van der Waals surface area contributed by atoms with Crippen LogP contribution in [0.1, 0.15) is 0 Å². The van der Waals surface area contributed by atoms with E-state index in [-0.39, 0.29) is 0 Å². The number of thioether (sulfide) groups is 1. The summed E-state index contributed by atoms with van der Waals surface area (Å²) in [4.78, 5) is 17.6. The van der Waals surface area contributed by atoms with Crippen molar-refractivity contribution in [2.24, 2.45) is 0 Å². The molecule has 3 rings (SSSR count). The van der Waals surface area contributed by atoms with E-state index in [0.717, 1.165) is 42.3 Å².